The summed E-state index contributed by atoms with van der Waals surface area (Å²) in [6, 6.07) is 6.20. The van der Waals surface area contributed by atoms with E-state index in [4.69, 9.17) is 12.2 Å². The molecule has 1 aromatic heterocycles. The summed E-state index contributed by atoms with van der Waals surface area (Å²) in [4.78, 5) is 26.5. The van der Waals surface area contributed by atoms with Crippen LogP contribution in [0, 0.1) is 5.82 Å². The van der Waals surface area contributed by atoms with Crippen molar-refractivity contribution in [1.29, 1.82) is 0 Å². The summed E-state index contributed by atoms with van der Waals surface area (Å²) >= 11 is 7.71. The number of carbonyl (C=O) groups excluding carboxylic acids is 2. The first-order valence-electron chi connectivity index (χ1n) is 9.10. The Morgan fingerprint density at radius 1 is 1.34 bits per heavy atom. The lowest BCUT2D eigenvalue weighted by molar-refractivity contribution is -0.122. The highest BCUT2D eigenvalue weighted by molar-refractivity contribution is 8.26. The molecule has 0 saturated carbocycles. The molecule has 1 fully saturated rings. The van der Waals surface area contributed by atoms with Gasteiger partial charge in [-0.3, -0.25) is 14.5 Å². The first-order valence-corrected chi connectivity index (χ1v) is 11.1. The highest BCUT2D eigenvalue weighted by Crippen LogP contribution is 2.33. The number of hydrogen-bond donors (Lipinski definition) is 1. The molecule has 1 saturated heterocycles. The zero-order chi connectivity index (χ0) is 20.8. The fourth-order valence-electron chi connectivity index (χ4n) is 2.55. The largest absolute Gasteiger partial charge is 0.300 e. The Kier molecular flexibility index (Phi) is 7.45. The summed E-state index contributed by atoms with van der Waals surface area (Å²) in [7, 11) is 0. The number of carbonyl (C=O) groups is 2. The molecule has 0 radical (unpaired) electrons. The van der Waals surface area contributed by atoms with Crippen molar-refractivity contribution in [3.05, 3.63) is 45.6 Å². The van der Waals surface area contributed by atoms with Crippen molar-refractivity contribution in [3.63, 3.8) is 0 Å². The van der Waals surface area contributed by atoms with Crippen LogP contribution in [0.4, 0.5) is 9.52 Å². The molecule has 3 rings (SSSR count). The predicted octanol–water partition coefficient (Wildman–Crippen LogP) is 4.25. The van der Waals surface area contributed by atoms with Gasteiger partial charge in [-0.15, -0.1) is 10.2 Å². The number of thioether (sulfide) groups is 1. The van der Waals surface area contributed by atoms with Crippen LogP contribution < -0.4 is 5.32 Å². The summed E-state index contributed by atoms with van der Waals surface area (Å²) in [5.74, 6) is -1.00. The lowest BCUT2D eigenvalue weighted by Gasteiger charge is -2.13. The molecule has 152 valence electrons. The van der Waals surface area contributed by atoms with E-state index in [2.05, 4.69) is 22.4 Å². The molecule has 2 heterocycles. The molecule has 1 N–H and O–H groups in total. The molecular formula is C19H19FN4O2S3. The normalized spacial score (nSPS) is 15.4. The van der Waals surface area contributed by atoms with E-state index in [1.807, 2.05) is 0 Å². The summed E-state index contributed by atoms with van der Waals surface area (Å²) in [5, 5.41) is 12.1. The summed E-state index contributed by atoms with van der Waals surface area (Å²) in [6.07, 6.45) is 4.49. The van der Waals surface area contributed by atoms with Crippen LogP contribution in [0.3, 0.4) is 0 Å². The van der Waals surface area contributed by atoms with Gasteiger partial charge in [0.2, 0.25) is 11.0 Å². The first kappa shape index (κ1) is 21.5. The van der Waals surface area contributed by atoms with Gasteiger partial charge in [0.25, 0.3) is 5.91 Å². The first-order chi connectivity index (χ1) is 14.0. The number of nitrogens with zero attached hydrogens (tertiary/aromatic N) is 3. The smallest absolute Gasteiger partial charge is 0.266 e. The van der Waals surface area contributed by atoms with Crippen molar-refractivity contribution >= 4 is 62.7 Å². The summed E-state index contributed by atoms with van der Waals surface area (Å²) in [6.45, 7) is 2.25. The number of thiocarbonyl (C=S) groups is 1. The molecule has 6 nitrogen and oxygen atoms in total. The Balaban J connectivity index is 1.55. The van der Waals surface area contributed by atoms with Crippen LogP contribution in [-0.4, -0.2) is 37.8 Å². The van der Waals surface area contributed by atoms with E-state index in [9.17, 15) is 14.0 Å². The number of aromatic nitrogens is 2. The third kappa shape index (κ3) is 5.68. The SMILES string of the molecule is CCCCc1nnc(NC(=O)CCN2C(=O)/C(=C\c3ccccc3F)SC2=S)s1. The number of hydrogen-bond acceptors (Lipinski definition) is 7. The van der Waals surface area contributed by atoms with Gasteiger partial charge in [-0.2, -0.15) is 0 Å². The maximum atomic E-state index is 13.8. The fourth-order valence-corrected chi connectivity index (χ4v) is 4.65. The van der Waals surface area contributed by atoms with E-state index >= 15 is 0 Å². The van der Waals surface area contributed by atoms with E-state index in [1.54, 1.807) is 18.2 Å². The lowest BCUT2D eigenvalue weighted by atomic mass is 10.2. The van der Waals surface area contributed by atoms with Crippen molar-refractivity contribution < 1.29 is 14.0 Å². The molecule has 0 bridgehead atoms. The number of rotatable bonds is 8. The molecule has 0 aliphatic carbocycles. The molecule has 1 aliphatic rings. The van der Waals surface area contributed by atoms with Crippen molar-refractivity contribution in [3.8, 4) is 0 Å². The molecule has 0 spiro atoms. The Hall–Kier alpha value is -2.17. The molecule has 2 aromatic rings. The lowest BCUT2D eigenvalue weighted by Crippen LogP contribution is -2.31. The Labute approximate surface area is 181 Å². The van der Waals surface area contributed by atoms with Gasteiger partial charge in [0.1, 0.15) is 15.1 Å². The van der Waals surface area contributed by atoms with E-state index in [0.29, 0.717) is 19.9 Å². The number of amides is 2. The van der Waals surface area contributed by atoms with Crippen molar-refractivity contribution in [1.82, 2.24) is 15.1 Å². The van der Waals surface area contributed by atoms with Crippen LogP contribution >= 0.6 is 35.3 Å². The van der Waals surface area contributed by atoms with Gasteiger partial charge in [-0.05, 0) is 18.6 Å². The molecule has 1 aliphatic heterocycles. The Morgan fingerprint density at radius 3 is 2.90 bits per heavy atom. The quantitative estimate of drug-likeness (QED) is 0.479. The zero-order valence-electron chi connectivity index (χ0n) is 15.7. The molecule has 0 unspecified atom stereocenters. The Bertz CT molecular complexity index is 960. The zero-order valence-corrected chi connectivity index (χ0v) is 18.1. The Morgan fingerprint density at radius 2 is 2.14 bits per heavy atom. The monoisotopic (exact) mass is 450 g/mol. The fraction of sp³-hybridized carbons (Fsp3) is 0.316. The average Bonchev–Trinajstić information content (AvgIpc) is 3.24. The second-order valence-corrected chi connectivity index (χ2v) is 9.00. The second-order valence-electron chi connectivity index (χ2n) is 6.26. The van der Waals surface area contributed by atoms with Gasteiger partial charge in [0.05, 0.1) is 4.91 Å². The third-order valence-electron chi connectivity index (χ3n) is 4.09. The average molecular weight is 451 g/mol. The highest BCUT2D eigenvalue weighted by atomic mass is 32.2. The van der Waals surface area contributed by atoms with Crippen molar-refractivity contribution in [2.24, 2.45) is 0 Å². The highest BCUT2D eigenvalue weighted by Gasteiger charge is 2.32. The maximum absolute atomic E-state index is 13.8. The standard InChI is InChI=1S/C19H19FN4O2S3/c1-2-3-8-16-22-23-18(29-16)21-15(25)9-10-24-17(26)14(28-19(24)27)11-12-6-4-5-7-13(12)20/h4-7,11H,2-3,8-10H2,1H3,(H,21,23,25)/b14-11+. The van der Waals surface area contributed by atoms with Crippen LogP contribution in [0.15, 0.2) is 29.2 Å². The maximum Gasteiger partial charge on any atom is 0.266 e. The van der Waals surface area contributed by atoms with E-state index < -0.39 is 5.82 Å². The molecule has 1 aromatic carbocycles. The number of nitrogens with one attached hydrogen (secondary N) is 1. The molecule has 2 amide bonds. The van der Waals surface area contributed by atoms with Crippen molar-refractivity contribution in [2.45, 2.75) is 32.6 Å². The van der Waals surface area contributed by atoms with Gasteiger partial charge in [-0.1, -0.05) is 66.9 Å². The molecular weight excluding hydrogens is 431 g/mol. The van der Waals surface area contributed by atoms with E-state index in [1.165, 1.54) is 28.4 Å². The van der Waals surface area contributed by atoms with Crippen molar-refractivity contribution in [2.75, 3.05) is 11.9 Å². The topological polar surface area (TPSA) is 75.2 Å². The van der Waals surface area contributed by atoms with Gasteiger partial charge < -0.3 is 5.32 Å². The number of aryl methyl sites for hydroxylation is 1. The third-order valence-corrected chi connectivity index (χ3v) is 6.36. The minimum absolute atomic E-state index is 0.0727. The van der Waals surface area contributed by atoms with Gasteiger partial charge >= 0.3 is 0 Å². The van der Waals surface area contributed by atoms with Crippen LogP contribution in [0.25, 0.3) is 6.08 Å². The van der Waals surface area contributed by atoms with Crippen LogP contribution in [0.5, 0.6) is 0 Å². The van der Waals surface area contributed by atoms with Crippen LogP contribution in [0.2, 0.25) is 0 Å². The number of halogens is 1. The van der Waals surface area contributed by atoms with Crippen LogP contribution in [-0.2, 0) is 16.0 Å². The van der Waals surface area contributed by atoms with Gasteiger partial charge in [0, 0.05) is 24.9 Å². The second kappa shape index (κ2) is 10.0. The minimum Gasteiger partial charge on any atom is -0.300 e. The van der Waals surface area contributed by atoms with Crippen LogP contribution in [0.1, 0.15) is 36.8 Å². The predicted molar refractivity (Wildman–Crippen MR) is 118 cm³/mol. The summed E-state index contributed by atoms with van der Waals surface area (Å²) < 4.78 is 14.2. The number of benzene rings is 1. The molecule has 0 atom stereocenters. The van der Waals surface area contributed by atoms with E-state index in [0.717, 1.165) is 36.0 Å². The molecule has 29 heavy (non-hydrogen) atoms. The van der Waals surface area contributed by atoms with Gasteiger partial charge in [-0.25, -0.2) is 4.39 Å². The molecule has 10 heteroatoms. The van der Waals surface area contributed by atoms with Gasteiger partial charge in [0.15, 0.2) is 0 Å². The number of anilines is 1. The minimum atomic E-state index is -0.410. The van der Waals surface area contributed by atoms with E-state index in [-0.39, 0.29) is 24.8 Å². The summed E-state index contributed by atoms with van der Waals surface area (Å²) in [5.41, 5.74) is 0.320. The number of unbranched alkanes of at least 4 members (excludes halogenated alkanes) is 1.